The van der Waals surface area contributed by atoms with Crippen molar-refractivity contribution in [1.29, 1.82) is 0 Å². The third-order valence-electron chi connectivity index (χ3n) is 2.39. The number of amides is 1. The molecule has 18 heavy (non-hydrogen) atoms. The second-order valence-corrected chi connectivity index (χ2v) is 5.23. The van der Waals surface area contributed by atoms with E-state index in [1.165, 1.54) is 0 Å². The van der Waals surface area contributed by atoms with E-state index in [0.29, 0.717) is 24.4 Å². The fraction of sp³-hybridized carbons (Fsp3) is 0.417. The van der Waals surface area contributed by atoms with Crippen molar-refractivity contribution in [2.45, 2.75) is 25.8 Å². The van der Waals surface area contributed by atoms with Crippen LogP contribution in [0.15, 0.2) is 22.7 Å². The van der Waals surface area contributed by atoms with Crippen LogP contribution >= 0.6 is 39.9 Å². The summed E-state index contributed by atoms with van der Waals surface area (Å²) in [6.45, 7) is 2.33. The van der Waals surface area contributed by atoms with E-state index < -0.39 is 0 Å². The molecule has 0 heterocycles. The smallest absolute Gasteiger partial charge is 0.220 e. The molecule has 0 aliphatic heterocycles. The van der Waals surface area contributed by atoms with E-state index in [2.05, 4.69) is 21.2 Å². The van der Waals surface area contributed by atoms with Gasteiger partial charge in [0.05, 0.1) is 0 Å². The van der Waals surface area contributed by atoms with Gasteiger partial charge in [-0.2, -0.15) is 0 Å². The van der Waals surface area contributed by atoms with Gasteiger partial charge in [-0.05, 0) is 37.1 Å². The lowest BCUT2D eigenvalue weighted by Crippen LogP contribution is -2.37. The fourth-order valence-corrected chi connectivity index (χ4v) is 2.03. The summed E-state index contributed by atoms with van der Waals surface area (Å²) in [4.78, 5) is 11.6. The molecule has 1 aromatic carbocycles. The molecule has 0 aromatic heterocycles. The lowest BCUT2D eigenvalue weighted by molar-refractivity contribution is -0.121. The Balaban J connectivity index is 0.00000289. The summed E-state index contributed by atoms with van der Waals surface area (Å²) in [5.74, 6) is 0.00910. The zero-order valence-corrected chi connectivity index (χ0v) is 13.2. The molecule has 1 atom stereocenters. The van der Waals surface area contributed by atoms with Gasteiger partial charge in [-0.25, -0.2) is 0 Å². The summed E-state index contributed by atoms with van der Waals surface area (Å²) in [6, 6.07) is 5.58. The van der Waals surface area contributed by atoms with Crippen LogP contribution in [0.1, 0.15) is 18.9 Å². The highest BCUT2D eigenvalue weighted by Crippen LogP contribution is 2.22. The van der Waals surface area contributed by atoms with Crippen LogP contribution < -0.4 is 11.1 Å². The molecule has 3 nitrogen and oxygen atoms in total. The Hall–Kier alpha value is -0.290. The number of aryl methyl sites for hydroxylation is 1. The summed E-state index contributed by atoms with van der Waals surface area (Å²) >= 11 is 9.34. The molecular formula is C12H17BrCl2N2O. The molecule has 0 spiro atoms. The first kappa shape index (κ1) is 17.7. The van der Waals surface area contributed by atoms with Gasteiger partial charge < -0.3 is 11.1 Å². The SMILES string of the molecule is C[C@@H](CN)NC(=O)CCc1cc(Cl)ccc1Br.Cl. The van der Waals surface area contributed by atoms with Gasteiger partial charge in [0.15, 0.2) is 0 Å². The molecule has 3 N–H and O–H groups in total. The molecule has 0 saturated carbocycles. The standard InChI is InChI=1S/C12H16BrClN2O.ClH/c1-8(7-15)16-12(17)5-2-9-6-10(14)3-4-11(9)13;/h3-4,6,8H,2,5,7,15H2,1H3,(H,16,17);1H/t8-;/m0./s1. The maximum atomic E-state index is 11.6. The first-order valence-corrected chi connectivity index (χ1v) is 6.63. The predicted octanol–water partition coefficient (Wildman–Crippen LogP) is 2.92. The van der Waals surface area contributed by atoms with Crippen molar-refractivity contribution >= 4 is 45.8 Å². The van der Waals surface area contributed by atoms with Gasteiger partial charge in [0.1, 0.15) is 0 Å². The van der Waals surface area contributed by atoms with Crippen molar-refractivity contribution in [1.82, 2.24) is 5.32 Å². The monoisotopic (exact) mass is 354 g/mol. The molecular weight excluding hydrogens is 339 g/mol. The van der Waals surface area contributed by atoms with Gasteiger partial charge in [0.25, 0.3) is 0 Å². The normalized spacial score (nSPS) is 11.6. The first-order valence-electron chi connectivity index (χ1n) is 5.46. The number of hydrogen-bond donors (Lipinski definition) is 2. The zero-order valence-electron chi connectivity index (χ0n) is 10.1. The minimum absolute atomic E-state index is 0. The third-order valence-corrected chi connectivity index (χ3v) is 3.40. The average molecular weight is 356 g/mol. The number of benzene rings is 1. The van der Waals surface area contributed by atoms with E-state index in [1.54, 1.807) is 0 Å². The molecule has 0 saturated heterocycles. The van der Waals surface area contributed by atoms with E-state index in [0.717, 1.165) is 10.0 Å². The molecule has 1 amide bonds. The number of rotatable bonds is 5. The lowest BCUT2D eigenvalue weighted by atomic mass is 10.1. The van der Waals surface area contributed by atoms with Gasteiger partial charge in [-0.15, -0.1) is 12.4 Å². The fourth-order valence-electron chi connectivity index (χ4n) is 1.39. The van der Waals surface area contributed by atoms with Crippen LogP contribution in [0.2, 0.25) is 5.02 Å². The van der Waals surface area contributed by atoms with Crippen molar-refractivity contribution < 1.29 is 4.79 Å². The summed E-state index contributed by atoms with van der Waals surface area (Å²) in [7, 11) is 0. The second kappa shape index (κ2) is 8.75. The topological polar surface area (TPSA) is 55.1 Å². The number of hydrogen-bond acceptors (Lipinski definition) is 2. The van der Waals surface area contributed by atoms with Gasteiger partial charge in [0.2, 0.25) is 5.91 Å². The molecule has 1 rings (SSSR count). The molecule has 0 radical (unpaired) electrons. The second-order valence-electron chi connectivity index (χ2n) is 3.94. The van der Waals surface area contributed by atoms with Gasteiger partial charge in [0, 0.05) is 28.5 Å². The van der Waals surface area contributed by atoms with Crippen LogP contribution in [-0.4, -0.2) is 18.5 Å². The maximum absolute atomic E-state index is 11.6. The minimum Gasteiger partial charge on any atom is -0.352 e. The van der Waals surface area contributed by atoms with Crippen LogP contribution in [0, 0.1) is 0 Å². The summed E-state index contributed by atoms with van der Waals surface area (Å²) in [6.07, 6.45) is 1.09. The molecule has 0 aliphatic carbocycles. The molecule has 6 heteroatoms. The molecule has 1 aromatic rings. The lowest BCUT2D eigenvalue weighted by Gasteiger charge is -2.11. The van der Waals surface area contributed by atoms with Crippen molar-refractivity contribution in [3.8, 4) is 0 Å². The van der Waals surface area contributed by atoms with E-state index in [-0.39, 0.29) is 24.4 Å². The summed E-state index contributed by atoms with van der Waals surface area (Å²) in [5, 5.41) is 3.50. The summed E-state index contributed by atoms with van der Waals surface area (Å²) in [5.41, 5.74) is 6.47. The number of carbonyl (C=O) groups excluding carboxylic acids is 1. The Labute approximate surface area is 127 Å². The first-order chi connectivity index (χ1) is 8.02. The quantitative estimate of drug-likeness (QED) is 0.853. The highest BCUT2D eigenvalue weighted by molar-refractivity contribution is 9.10. The average Bonchev–Trinajstić information content (AvgIpc) is 2.30. The number of carbonyl (C=O) groups is 1. The number of nitrogens with one attached hydrogen (secondary N) is 1. The van der Waals surface area contributed by atoms with Gasteiger partial charge in [-0.3, -0.25) is 4.79 Å². The summed E-state index contributed by atoms with van der Waals surface area (Å²) < 4.78 is 0.974. The Bertz CT molecular complexity index is 402. The van der Waals surface area contributed by atoms with E-state index >= 15 is 0 Å². The highest BCUT2D eigenvalue weighted by atomic mass is 79.9. The van der Waals surface area contributed by atoms with Crippen molar-refractivity contribution in [3.63, 3.8) is 0 Å². The predicted molar refractivity (Wildman–Crippen MR) is 81.4 cm³/mol. The number of nitrogens with two attached hydrogens (primary N) is 1. The highest BCUT2D eigenvalue weighted by Gasteiger charge is 2.07. The Kier molecular flexibility index (Phi) is 8.61. The van der Waals surface area contributed by atoms with Gasteiger partial charge in [-0.1, -0.05) is 27.5 Å². The molecule has 0 bridgehead atoms. The van der Waals surface area contributed by atoms with Crippen molar-refractivity contribution in [3.05, 3.63) is 33.3 Å². The van der Waals surface area contributed by atoms with Crippen LogP contribution in [0.3, 0.4) is 0 Å². The minimum atomic E-state index is 0. The van der Waals surface area contributed by atoms with Crippen LogP contribution in [0.5, 0.6) is 0 Å². The van der Waals surface area contributed by atoms with Crippen LogP contribution in [-0.2, 0) is 11.2 Å². The Morgan fingerprint density at radius 3 is 2.83 bits per heavy atom. The molecule has 102 valence electrons. The van der Waals surface area contributed by atoms with Gasteiger partial charge >= 0.3 is 0 Å². The maximum Gasteiger partial charge on any atom is 0.220 e. The van der Waals surface area contributed by atoms with Crippen LogP contribution in [0.25, 0.3) is 0 Å². The van der Waals surface area contributed by atoms with E-state index in [1.807, 2.05) is 25.1 Å². The zero-order chi connectivity index (χ0) is 12.8. The van der Waals surface area contributed by atoms with Crippen LogP contribution in [0.4, 0.5) is 0 Å². The van der Waals surface area contributed by atoms with Crippen molar-refractivity contribution in [2.24, 2.45) is 5.73 Å². The van der Waals surface area contributed by atoms with E-state index in [4.69, 9.17) is 17.3 Å². The van der Waals surface area contributed by atoms with Crippen molar-refractivity contribution in [2.75, 3.05) is 6.54 Å². The molecule has 0 unspecified atom stereocenters. The molecule has 0 aliphatic rings. The third kappa shape index (κ3) is 6.05. The van der Waals surface area contributed by atoms with E-state index in [9.17, 15) is 4.79 Å². The largest absolute Gasteiger partial charge is 0.352 e. The Morgan fingerprint density at radius 1 is 1.56 bits per heavy atom. The Morgan fingerprint density at radius 2 is 2.22 bits per heavy atom. The molecule has 0 fully saturated rings. The number of halogens is 3.